The van der Waals surface area contributed by atoms with E-state index in [2.05, 4.69) is 9.69 Å². The monoisotopic (exact) mass is 255 g/mol. The van der Waals surface area contributed by atoms with Crippen LogP contribution in [0.5, 0.6) is 0 Å². The number of nitrogens with one attached hydrogen (secondary N) is 1. The molecule has 2 heterocycles. The van der Waals surface area contributed by atoms with Gasteiger partial charge in [0.15, 0.2) is 5.82 Å². The lowest BCUT2D eigenvalue weighted by Crippen LogP contribution is -2.29. The number of aromatic nitrogens is 1. The first-order valence-corrected chi connectivity index (χ1v) is 5.93. The van der Waals surface area contributed by atoms with Gasteiger partial charge in [0.2, 0.25) is 5.91 Å². The van der Waals surface area contributed by atoms with Gasteiger partial charge < -0.3 is 21.7 Å². The summed E-state index contributed by atoms with van der Waals surface area (Å²) in [5, 5.41) is 3.40. The van der Waals surface area contributed by atoms with Gasteiger partial charge in [0.05, 0.1) is 0 Å². The second-order valence-electron chi connectivity index (χ2n) is 3.70. The van der Waals surface area contributed by atoms with Gasteiger partial charge in [-0.25, -0.2) is 0 Å². The topological polar surface area (TPSA) is 114 Å². The molecule has 1 aliphatic heterocycles. The quantitative estimate of drug-likeness (QED) is 0.637. The maximum atomic E-state index is 11.3. The molecule has 1 aromatic rings. The van der Waals surface area contributed by atoms with Crippen LogP contribution in [0.2, 0.25) is 0 Å². The Hall–Kier alpha value is -1.83. The molecule has 1 fully saturated rings. The molecular weight excluding hydrogens is 242 g/mol. The zero-order valence-corrected chi connectivity index (χ0v) is 9.92. The van der Waals surface area contributed by atoms with E-state index in [0.717, 1.165) is 11.5 Å². The third-order valence-electron chi connectivity index (χ3n) is 2.55. The molecule has 1 aromatic heterocycles. The summed E-state index contributed by atoms with van der Waals surface area (Å²) in [6, 6.07) is 0. The molecule has 2 rings (SSSR count). The van der Waals surface area contributed by atoms with E-state index in [-0.39, 0.29) is 17.3 Å². The number of anilines is 2. The van der Waals surface area contributed by atoms with Crippen LogP contribution >= 0.6 is 11.5 Å². The van der Waals surface area contributed by atoms with Crippen LogP contribution in [0.25, 0.3) is 0 Å². The van der Waals surface area contributed by atoms with Crippen LogP contribution in [0, 0.1) is 0 Å². The van der Waals surface area contributed by atoms with Gasteiger partial charge >= 0.3 is 0 Å². The van der Waals surface area contributed by atoms with E-state index in [4.69, 9.17) is 11.5 Å². The Morgan fingerprint density at radius 3 is 2.94 bits per heavy atom. The van der Waals surface area contributed by atoms with E-state index in [0.29, 0.717) is 31.1 Å². The van der Waals surface area contributed by atoms with Gasteiger partial charge in [-0.1, -0.05) is 0 Å². The number of nitrogens with zero attached hydrogens (tertiary/aromatic N) is 2. The molecule has 0 bridgehead atoms. The third-order valence-corrected chi connectivity index (χ3v) is 3.47. The van der Waals surface area contributed by atoms with E-state index < -0.39 is 5.91 Å². The SMILES string of the molecule is NC(=O)c1c(N)nsc1N1CCNC(=O)CC1. The number of primary amides is 1. The van der Waals surface area contributed by atoms with Crippen LogP contribution in [0.15, 0.2) is 0 Å². The van der Waals surface area contributed by atoms with Crippen LogP contribution in [0.3, 0.4) is 0 Å². The Labute approximate surface area is 102 Å². The summed E-state index contributed by atoms with van der Waals surface area (Å²) in [6.45, 7) is 1.69. The lowest BCUT2D eigenvalue weighted by atomic mass is 10.2. The fourth-order valence-electron chi connectivity index (χ4n) is 1.71. The van der Waals surface area contributed by atoms with Crippen molar-refractivity contribution in [2.45, 2.75) is 6.42 Å². The summed E-state index contributed by atoms with van der Waals surface area (Å²) < 4.78 is 3.93. The first kappa shape index (κ1) is 11.6. The summed E-state index contributed by atoms with van der Waals surface area (Å²) >= 11 is 1.13. The van der Waals surface area contributed by atoms with Crippen molar-refractivity contribution in [1.82, 2.24) is 9.69 Å². The van der Waals surface area contributed by atoms with Crippen molar-refractivity contribution in [3.8, 4) is 0 Å². The zero-order chi connectivity index (χ0) is 12.4. The molecule has 17 heavy (non-hydrogen) atoms. The van der Waals surface area contributed by atoms with Gasteiger partial charge in [0.1, 0.15) is 10.6 Å². The number of rotatable bonds is 2. The second kappa shape index (κ2) is 4.58. The van der Waals surface area contributed by atoms with Crippen molar-refractivity contribution in [2.75, 3.05) is 30.3 Å². The second-order valence-corrected chi connectivity index (χ2v) is 4.45. The first-order chi connectivity index (χ1) is 8.09. The number of amides is 2. The van der Waals surface area contributed by atoms with E-state index in [1.807, 2.05) is 4.90 Å². The molecule has 2 amide bonds. The lowest BCUT2D eigenvalue weighted by molar-refractivity contribution is -0.120. The maximum absolute atomic E-state index is 11.3. The molecule has 92 valence electrons. The Kier molecular flexibility index (Phi) is 3.14. The van der Waals surface area contributed by atoms with Gasteiger partial charge in [0.25, 0.3) is 5.91 Å². The van der Waals surface area contributed by atoms with Crippen molar-refractivity contribution in [2.24, 2.45) is 5.73 Å². The number of nitrogens with two attached hydrogens (primary N) is 2. The van der Waals surface area contributed by atoms with Crippen molar-refractivity contribution in [3.05, 3.63) is 5.56 Å². The molecule has 0 aromatic carbocycles. The molecule has 0 aliphatic carbocycles. The highest BCUT2D eigenvalue weighted by Crippen LogP contribution is 2.30. The molecule has 1 aliphatic rings. The summed E-state index contributed by atoms with van der Waals surface area (Å²) in [4.78, 5) is 24.4. The fourth-order valence-corrected chi connectivity index (χ4v) is 2.58. The predicted octanol–water partition coefficient (Wildman–Crippen LogP) is -0.850. The lowest BCUT2D eigenvalue weighted by Gasteiger charge is -2.20. The van der Waals surface area contributed by atoms with Crippen molar-refractivity contribution in [3.63, 3.8) is 0 Å². The Bertz CT molecular complexity index is 458. The predicted molar refractivity (Wildman–Crippen MR) is 64.9 cm³/mol. The summed E-state index contributed by atoms with van der Waals surface area (Å²) in [7, 11) is 0. The summed E-state index contributed by atoms with van der Waals surface area (Å²) in [5.41, 5.74) is 11.1. The largest absolute Gasteiger partial charge is 0.382 e. The van der Waals surface area contributed by atoms with Crippen molar-refractivity contribution in [1.29, 1.82) is 0 Å². The van der Waals surface area contributed by atoms with Crippen LogP contribution in [0.4, 0.5) is 10.8 Å². The number of carbonyl (C=O) groups is 2. The number of carbonyl (C=O) groups excluding carboxylic acids is 2. The van der Waals surface area contributed by atoms with Gasteiger partial charge in [0, 0.05) is 26.1 Å². The van der Waals surface area contributed by atoms with Crippen LogP contribution < -0.4 is 21.7 Å². The molecule has 0 atom stereocenters. The highest BCUT2D eigenvalue weighted by molar-refractivity contribution is 7.11. The smallest absolute Gasteiger partial charge is 0.255 e. The molecule has 5 N–H and O–H groups in total. The minimum absolute atomic E-state index is 0.00520. The molecule has 0 radical (unpaired) electrons. The van der Waals surface area contributed by atoms with E-state index >= 15 is 0 Å². The normalized spacial score (nSPS) is 16.5. The molecule has 7 nitrogen and oxygen atoms in total. The zero-order valence-electron chi connectivity index (χ0n) is 9.10. The average Bonchev–Trinajstić information content (AvgIpc) is 2.51. The molecule has 1 saturated heterocycles. The van der Waals surface area contributed by atoms with Gasteiger partial charge in [-0.3, -0.25) is 9.59 Å². The van der Waals surface area contributed by atoms with Crippen LogP contribution in [-0.4, -0.2) is 35.8 Å². The number of hydrogen-bond donors (Lipinski definition) is 3. The summed E-state index contributed by atoms with van der Waals surface area (Å²) in [6.07, 6.45) is 0.385. The van der Waals surface area contributed by atoms with Gasteiger partial charge in [-0.15, -0.1) is 0 Å². The third kappa shape index (κ3) is 2.31. The Morgan fingerprint density at radius 2 is 2.24 bits per heavy atom. The van der Waals surface area contributed by atoms with Gasteiger partial charge in [-0.05, 0) is 11.5 Å². The van der Waals surface area contributed by atoms with Gasteiger partial charge in [-0.2, -0.15) is 4.37 Å². The van der Waals surface area contributed by atoms with E-state index in [1.165, 1.54) is 0 Å². The standard InChI is InChI=1S/C9H13N5O2S/c10-7-6(8(11)16)9(17-13-7)14-3-1-5(15)12-2-4-14/h1-4H2,(H2,10,13)(H2,11,16)(H,12,15). The van der Waals surface area contributed by atoms with Crippen LogP contribution in [-0.2, 0) is 4.79 Å². The molecule has 0 saturated carbocycles. The number of nitrogen functional groups attached to an aromatic ring is 1. The molecule has 8 heteroatoms. The van der Waals surface area contributed by atoms with E-state index in [9.17, 15) is 9.59 Å². The molecular formula is C9H13N5O2S. The minimum Gasteiger partial charge on any atom is -0.382 e. The Morgan fingerprint density at radius 1 is 1.47 bits per heavy atom. The fraction of sp³-hybridized carbons (Fsp3) is 0.444. The minimum atomic E-state index is -0.588. The number of hydrogen-bond acceptors (Lipinski definition) is 6. The molecule has 0 unspecified atom stereocenters. The summed E-state index contributed by atoms with van der Waals surface area (Å²) in [5.74, 6) is -0.429. The van der Waals surface area contributed by atoms with E-state index in [1.54, 1.807) is 0 Å². The maximum Gasteiger partial charge on any atom is 0.255 e. The average molecular weight is 255 g/mol. The van der Waals surface area contributed by atoms with Crippen molar-refractivity contribution < 1.29 is 9.59 Å². The Balaban J connectivity index is 2.27. The highest BCUT2D eigenvalue weighted by atomic mass is 32.1. The van der Waals surface area contributed by atoms with Crippen LogP contribution in [0.1, 0.15) is 16.8 Å². The highest BCUT2D eigenvalue weighted by Gasteiger charge is 2.23. The molecule has 0 spiro atoms. The first-order valence-electron chi connectivity index (χ1n) is 5.16. The van der Waals surface area contributed by atoms with Crippen molar-refractivity contribution >= 4 is 34.2 Å².